The Balaban J connectivity index is 2.33. The third kappa shape index (κ3) is 1.55. The van der Waals surface area contributed by atoms with Crippen molar-refractivity contribution in [3.8, 4) is 11.3 Å². The molecule has 0 spiro atoms. The first-order chi connectivity index (χ1) is 8.56. The summed E-state index contributed by atoms with van der Waals surface area (Å²) in [6.07, 6.45) is 0. The van der Waals surface area contributed by atoms with Crippen molar-refractivity contribution in [2.75, 3.05) is 5.73 Å². The van der Waals surface area contributed by atoms with Crippen molar-refractivity contribution in [3.63, 3.8) is 0 Å². The Bertz CT molecular complexity index is 747. The van der Waals surface area contributed by atoms with Crippen LogP contribution in [-0.4, -0.2) is 14.6 Å². The highest BCUT2D eigenvalue weighted by atomic mass is 32.1. The third-order valence-electron chi connectivity index (χ3n) is 2.57. The first-order valence-electron chi connectivity index (χ1n) is 5.13. The molecule has 0 aliphatic rings. The number of hydrogen-bond acceptors (Lipinski definition) is 4. The molecule has 7 heteroatoms. The summed E-state index contributed by atoms with van der Waals surface area (Å²) in [6.45, 7) is 1.83. The van der Waals surface area contributed by atoms with Crippen molar-refractivity contribution >= 4 is 22.2 Å². The number of benzene rings is 1. The largest absolute Gasteiger partial charge is 0.366 e. The molecule has 0 fully saturated rings. The van der Waals surface area contributed by atoms with Gasteiger partial charge in [0.1, 0.15) is 11.6 Å². The fraction of sp³-hybridized carbons (Fsp3) is 0.0909. The summed E-state index contributed by atoms with van der Waals surface area (Å²) in [7, 11) is 0. The molecule has 2 N–H and O–H groups in total. The molecule has 3 rings (SSSR count). The lowest BCUT2D eigenvalue weighted by Gasteiger charge is -2.03. The van der Waals surface area contributed by atoms with E-state index >= 15 is 0 Å². The van der Waals surface area contributed by atoms with Crippen LogP contribution in [0.15, 0.2) is 18.2 Å². The average Bonchev–Trinajstić information content (AvgIpc) is 2.75. The van der Waals surface area contributed by atoms with Crippen molar-refractivity contribution in [2.45, 2.75) is 6.92 Å². The van der Waals surface area contributed by atoms with Crippen molar-refractivity contribution < 1.29 is 8.78 Å². The topological polar surface area (TPSA) is 56.2 Å². The van der Waals surface area contributed by atoms with E-state index in [-0.39, 0.29) is 11.5 Å². The quantitative estimate of drug-likeness (QED) is 0.736. The van der Waals surface area contributed by atoms with Crippen LogP contribution < -0.4 is 5.73 Å². The number of rotatable bonds is 1. The zero-order valence-corrected chi connectivity index (χ0v) is 10.1. The standard InChI is InChI=1S/C11H8F2N4S/c1-5-9(7-3-2-6(12)4-8(7)13)17-11(18-5)15-10(14)16-17/h2-4H,1H3,(H2,14,16). The molecule has 2 aromatic heterocycles. The molecule has 0 saturated carbocycles. The van der Waals surface area contributed by atoms with E-state index in [4.69, 9.17) is 5.73 Å². The van der Waals surface area contributed by atoms with E-state index < -0.39 is 11.6 Å². The Morgan fingerprint density at radius 3 is 2.83 bits per heavy atom. The molecule has 0 unspecified atom stereocenters. The highest BCUT2D eigenvalue weighted by molar-refractivity contribution is 7.17. The number of nitrogen functional groups attached to an aromatic ring is 1. The van der Waals surface area contributed by atoms with Crippen LogP contribution in [0.4, 0.5) is 14.7 Å². The minimum atomic E-state index is -0.633. The number of aromatic nitrogens is 3. The van der Waals surface area contributed by atoms with E-state index in [0.29, 0.717) is 10.7 Å². The highest BCUT2D eigenvalue weighted by Gasteiger charge is 2.17. The van der Waals surface area contributed by atoms with Crippen LogP contribution in [-0.2, 0) is 0 Å². The van der Waals surface area contributed by atoms with Gasteiger partial charge in [-0.05, 0) is 19.1 Å². The summed E-state index contributed by atoms with van der Waals surface area (Å²) in [5, 5.41) is 4.01. The van der Waals surface area contributed by atoms with E-state index in [9.17, 15) is 8.78 Å². The number of fused-ring (bicyclic) bond motifs is 1. The van der Waals surface area contributed by atoms with Gasteiger partial charge in [0.25, 0.3) is 0 Å². The molecule has 0 bridgehead atoms. The normalized spacial score (nSPS) is 11.3. The second kappa shape index (κ2) is 3.74. The molecular formula is C11H8F2N4S. The van der Waals surface area contributed by atoms with Gasteiger partial charge in [-0.2, -0.15) is 4.98 Å². The molecule has 0 amide bonds. The molecule has 0 aliphatic carbocycles. The van der Waals surface area contributed by atoms with E-state index in [1.54, 1.807) is 0 Å². The van der Waals surface area contributed by atoms with E-state index in [1.807, 2.05) is 6.92 Å². The lowest BCUT2D eigenvalue weighted by atomic mass is 10.1. The Labute approximate surface area is 105 Å². The number of hydrogen-bond donors (Lipinski definition) is 1. The van der Waals surface area contributed by atoms with Crippen LogP contribution in [0.1, 0.15) is 4.88 Å². The molecule has 4 nitrogen and oxygen atoms in total. The second-order valence-corrected chi connectivity index (χ2v) is 4.98. The summed E-state index contributed by atoms with van der Waals surface area (Å²) in [5.41, 5.74) is 6.34. The summed E-state index contributed by atoms with van der Waals surface area (Å²) in [6, 6.07) is 3.44. The van der Waals surface area contributed by atoms with Crippen LogP contribution in [0.2, 0.25) is 0 Å². The second-order valence-electron chi connectivity index (χ2n) is 3.80. The molecule has 2 heterocycles. The van der Waals surface area contributed by atoms with Crippen LogP contribution in [0.3, 0.4) is 0 Å². The number of nitrogens with zero attached hydrogens (tertiary/aromatic N) is 3. The Morgan fingerprint density at radius 1 is 1.33 bits per heavy atom. The van der Waals surface area contributed by atoms with Gasteiger partial charge in [-0.3, -0.25) is 0 Å². The Hall–Kier alpha value is -2.02. The first-order valence-corrected chi connectivity index (χ1v) is 5.95. The van der Waals surface area contributed by atoms with Crippen LogP contribution in [0.5, 0.6) is 0 Å². The minimum absolute atomic E-state index is 0.130. The van der Waals surface area contributed by atoms with Gasteiger partial charge in [-0.15, -0.1) is 5.10 Å². The summed E-state index contributed by atoms with van der Waals surface area (Å²) < 4.78 is 28.2. The third-order valence-corrected chi connectivity index (χ3v) is 3.52. The average molecular weight is 266 g/mol. The molecule has 0 radical (unpaired) electrons. The smallest absolute Gasteiger partial charge is 0.241 e. The highest BCUT2D eigenvalue weighted by Crippen LogP contribution is 2.32. The predicted octanol–water partition coefficient (Wildman–Crippen LogP) is 2.63. The Morgan fingerprint density at radius 2 is 2.11 bits per heavy atom. The van der Waals surface area contributed by atoms with E-state index in [1.165, 1.54) is 28.0 Å². The zero-order chi connectivity index (χ0) is 12.9. The molecule has 92 valence electrons. The fourth-order valence-corrected chi connectivity index (χ4v) is 2.77. The van der Waals surface area contributed by atoms with Crippen LogP contribution in [0.25, 0.3) is 16.2 Å². The number of anilines is 1. The monoisotopic (exact) mass is 266 g/mol. The number of nitrogens with two attached hydrogens (primary N) is 1. The molecule has 1 aromatic carbocycles. The van der Waals surface area contributed by atoms with Gasteiger partial charge in [0.05, 0.1) is 5.69 Å². The van der Waals surface area contributed by atoms with Gasteiger partial charge in [-0.1, -0.05) is 11.3 Å². The van der Waals surface area contributed by atoms with E-state index in [2.05, 4.69) is 10.1 Å². The van der Waals surface area contributed by atoms with Crippen molar-refractivity contribution in [1.29, 1.82) is 0 Å². The van der Waals surface area contributed by atoms with Crippen molar-refractivity contribution in [1.82, 2.24) is 14.6 Å². The summed E-state index contributed by atoms with van der Waals surface area (Å²) in [5.74, 6) is -1.12. The molecule has 0 aliphatic heterocycles. The molecule has 3 aromatic rings. The summed E-state index contributed by atoms with van der Waals surface area (Å²) >= 11 is 1.36. The molecule has 18 heavy (non-hydrogen) atoms. The number of aryl methyl sites for hydroxylation is 1. The zero-order valence-electron chi connectivity index (χ0n) is 9.32. The predicted molar refractivity (Wildman–Crippen MR) is 65.4 cm³/mol. The number of thiazole rings is 1. The maximum Gasteiger partial charge on any atom is 0.241 e. The van der Waals surface area contributed by atoms with Gasteiger partial charge in [-0.25, -0.2) is 13.3 Å². The van der Waals surface area contributed by atoms with Crippen molar-refractivity contribution in [2.24, 2.45) is 0 Å². The van der Waals surface area contributed by atoms with Crippen LogP contribution >= 0.6 is 11.3 Å². The van der Waals surface area contributed by atoms with Gasteiger partial charge >= 0.3 is 0 Å². The van der Waals surface area contributed by atoms with Gasteiger partial charge in [0.15, 0.2) is 0 Å². The molecule has 0 atom stereocenters. The molecular weight excluding hydrogens is 258 g/mol. The lowest BCUT2D eigenvalue weighted by molar-refractivity contribution is 0.585. The van der Waals surface area contributed by atoms with Gasteiger partial charge in [0.2, 0.25) is 10.9 Å². The fourth-order valence-electron chi connectivity index (χ4n) is 1.84. The lowest BCUT2D eigenvalue weighted by Crippen LogP contribution is -1.95. The van der Waals surface area contributed by atoms with Crippen molar-refractivity contribution in [3.05, 3.63) is 34.7 Å². The van der Waals surface area contributed by atoms with Gasteiger partial charge < -0.3 is 5.73 Å². The van der Waals surface area contributed by atoms with Gasteiger partial charge in [0, 0.05) is 16.5 Å². The molecule has 0 saturated heterocycles. The summed E-state index contributed by atoms with van der Waals surface area (Å²) in [4.78, 5) is 5.45. The maximum atomic E-state index is 13.8. The minimum Gasteiger partial charge on any atom is -0.366 e. The number of halogens is 2. The van der Waals surface area contributed by atoms with E-state index in [0.717, 1.165) is 10.9 Å². The maximum absolute atomic E-state index is 13.8. The first kappa shape index (κ1) is 11.1. The van der Waals surface area contributed by atoms with Crippen LogP contribution in [0, 0.1) is 18.6 Å². The SMILES string of the molecule is Cc1sc2nc(N)nn2c1-c1ccc(F)cc1F. The Kier molecular flexibility index (Phi) is 2.30.